The molecule has 1 fully saturated rings. The van der Waals surface area contributed by atoms with Crippen LogP contribution in [0.4, 0.5) is 0 Å². The third-order valence-corrected chi connectivity index (χ3v) is 3.27. The van der Waals surface area contributed by atoms with Crippen LogP contribution in [0.5, 0.6) is 0 Å². The summed E-state index contributed by atoms with van der Waals surface area (Å²) in [6.07, 6.45) is 2.88. The number of carbonyl (C=O) groups is 1. The largest absolute Gasteiger partial charge is 0.316 e. The number of ketones is 1. The molecule has 1 rings (SSSR count). The molecule has 1 N–H and O–H groups in total. The maximum absolute atomic E-state index is 11.9. The van der Waals surface area contributed by atoms with Crippen molar-refractivity contribution in [2.24, 2.45) is 11.3 Å². The first-order valence-electron chi connectivity index (χ1n) is 5.32. The van der Waals surface area contributed by atoms with E-state index in [1.54, 1.807) is 0 Å². The van der Waals surface area contributed by atoms with Gasteiger partial charge in [0.05, 0.1) is 0 Å². The highest BCUT2D eigenvalue weighted by atomic mass is 16.1. The third-order valence-electron chi connectivity index (χ3n) is 3.27. The van der Waals surface area contributed by atoms with Crippen molar-refractivity contribution in [1.29, 1.82) is 0 Å². The van der Waals surface area contributed by atoms with Gasteiger partial charge in [0.2, 0.25) is 0 Å². The molecule has 0 spiro atoms. The van der Waals surface area contributed by atoms with E-state index in [4.69, 9.17) is 0 Å². The molecule has 1 aliphatic rings. The third kappa shape index (κ3) is 2.53. The maximum atomic E-state index is 11.9. The van der Waals surface area contributed by atoms with Crippen molar-refractivity contribution in [2.45, 2.75) is 40.0 Å². The molecule has 13 heavy (non-hydrogen) atoms. The molecule has 76 valence electrons. The van der Waals surface area contributed by atoms with Crippen molar-refractivity contribution in [3.63, 3.8) is 0 Å². The van der Waals surface area contributed by atoms with E-state index in [0.717, 1.165) is 32.4 Å². The Kier molecular flexibility index (Phi) is 3.48. The molecule has 0 amide bonds. The van der Waals surface area contributed by atoms with Gasteiger partial charge < -0.3 is 5.32 Å². The summed E-state index contributed by atoms with van der Waals surface area (Å²) in [6, 6.07) is 0. The second-order valence-corrected chi connectivity index (χ2v) is 4.63. The van der Waals surface area contributed by atoms with E-state index in [-0.39, 0.29) is 5.41 Å². The molecule has 2 heteroatoms. The van der Waals surface area contributed by atoms with Crippen molar-refractivity contribution in [3.05, 3.63) is 0 Å². The fourth-order valence-electron chi connectivity index (χ4n) is 1.76. The zero-order valence-electron chi connectivity index (χ0n) is 9.02. The van der Waals surface area contributed by atoms with Crippen LogP contribution in [0.15, 0.2) is 0 Å². The lowest BCUT2D eigenvalue weighted by Crippen LogP contribution is -2.31. The molecule has 0 aliphatic carbocycles. The number of Topliss-reactive ketones (excluding diaryl/α,β-unsaturated/α-hetero) is 1. The Balaban J connectivity index is 2.46. The van der Waals surface area contributed by atoms with E-state index in [2.05, 4.69) is 26.1 Å². The van der Waals surface area contributed by atoms with Gasteiger partial charge in [0.1, 0.15) is 5.78 Å². The molecule has 2 unspecified atom stereocenters. The molecular weight excluding hydrogens is 162 g/mol. The molecule has 1 saturated heterocycles. The second-order valence-electron chi connectivity index (χ2n) is 4.63. The van der Waals surface area contributed by atoms with E-state index in [1.807, 2.05) is 0 Å². The lowest BCUT2D eigenvalue weighted by Gasteiger charge is -2.22. The highest BCUT2D eigenvalue weighted by Gasteiger charge is 2.35. The SMILES string of the molecule is CCC(C)CC(=O)C1(C)CCNC1. The second kappa shape index (κ2) is 4.23. The molecule has 0 aromatic carbocycles. The van der Waals surface area contributed by atoms with Crippen LogP contribution < -0.4 is 5.32 Å². The number of hydrogen-bond donors (Lipinski definition) is 1. The van der Waals surface area contributed by atoms with Crippen LogP contribution in [-0.2, 0) is 4.79 Å². The quantitative estimate of drug-likeness (QED) is 0.722. The van der Waals surface area contributed by atoms with E-state index in [0.29, 0.717) is 11.7 Å². The minimum Gasteiger partial charge on any atom is -0.316 e. The van der Waals surface area contributed by atoms with Crippen LogP contribution in [0.1, 0.15) is 40.0 Å². The zero-order chi connectivity index (χ0) is 9.90. The van der Waals surface area contributed by atoms with Gasteiger partial charge in [0, 0.05) is 18.4 Å². The predicted octanol–water partition coefficient (Wildman–Crippen LogP) is 1.99. The Bertz CT molecular complexity index is 183. The van der Waals surface area contributed by atoms with Gasteiger partial charge in [-0.15, -0.1) is 0 Å². The summed E-state index contributed by atoms with van der Waals surface area (Å²) in [6.45, 7) is 8.28. The van der Waals surface area contributed by atoms with E-state index >= 15 is 0 Å². The average Bonchev–Trinajstić information content (AvgIpc) is 2.53. The molecule has 0 aromatic heterocycles. The van der Waals surface area contributed by atoms with E-state index in [9.17, 15) is 4.79 Å². The monoisotopic (exact) mass is 183 g/mol. The van der Waals surface area contributed by atoms with Gasteiger partial charge in [-0.25, -0.2) is 0 Å². The summed E-state index contributed by atoms with van der Waals surface area (Å²) < 4.78 is 0. The topological polar surface area (TPSA) is 29.1 Å². The zero-order valence-corrected chi connectivity index (χ0v) is 9.02. The average molecular weight is 183 g/mol. The highest BCUT2D eigenvalue weighted by molar-refractivity contribution is 5.85. The van der Waals surface area contributed by atoms with Gasteiger partial charge in [-0.3, -0.25) is 4.79 Å². The Morgan fingerprint density at radius 1 is 1.62 bits per heavy atom. The van der Waals surface area contributed by atoms with Crippen LogP contribution >= 0.6 is 0 Å². The summed E-state index contributed by atoms with van der Waals surface area (Å²) >= 11 is 0. The van der Waals surface area contributed by atoms with Gasteiger partial charge >= 0.3 is 0 Å². The van der Waals surface area contributed by atoms with Crippen molar-refractivity contribution >= 4 is 5.78 Å². The first kappa shape index (κ1) is 10.7. The number of rotatable bonds is 4. The van der Waals surface area contributed by atoms with E-state index in [1.165, 1.54) is 0 Å². The first-order valence-corrected chi connectivity index (χ1v) is 5.32. The summed E-state index contributed by atoms with van der Waals surface area (Å²) in [7, 11) is 0. The normalized spacial score (nSPS) is 30.4. The number of nitrogens with one attached hydrogen (secondary N) is 1. The molecule has 2 atom stereocenters. The van der Waals surface area contributed by atoms with Crippen LogP contribution in [0.3, 0.4) is 0 Å². The number of carbonyl (C=O) groups excluding carboxylic acids is 1. The van der Waals surface area contributed by atoms with Crippen molar-refractivity contribution in [3.8, 4) is 0 Å². The van der Waals surface area contributed by atoms with Crippen LogP contribution in [0.2, 0.25) is 0 Å². The van der Waals surface area contributed by atoms with Gasteiger partial charge in [-0.2, -0.15) is 0 Å². The summed E-state index contributed by atoms with van der Waals surface area (Å²) in [4.78, 5) is 11.9. The van der Waals surface area contributed by atoms with Crippen LogP contribution in [0.25, 0.3) is 0 Å². The Morgan fingerprint density at radius 2 is 2.31 bits per heavy atom. The smallest absolute Gasteiger partial charge is 0.140 e. The van der Waals surface area contributed by atoms with Crippen molar-refractivity contribution in [1.82, 2.24) is 5.32 Å². The number of hydrogen-bond acceptors (Lipinski definition) is 2. The first-order chi connectivity index (χ1) is 6.08. The van der Waals surface area contributed by atoms with Crippen molar-refractivity contribution < 1.29 is 4.79 Å². The molecular formula is C11H21NO. The van der Waals surface area contributed by atoms with Gasteiger partial charge in [-0.1, -0.05) is 27.2 Å². The lowest BCUT2D eigenvalue weighted by atomic mass is 9.81. The van der Waals surface area contributed by atoms with Crippen molar-refractivity contribution in [2.75, 3.05) is 13.1 Å². The standard InChI is InChI=1S/C11H21NO/c1-4-9(2)7-10(13)11(3)5-6-12-8-11/h9,12H,4-8H2,1-3H3. The van der Waals surface area contributed by atoms with Gasteiger partial charge in [0.15, 0.2) is 0 Å². The summed E-state index contributed by atoms with van der Waals surface area (Å²) in [5.41, 5.74) is -0.0660. The summed E-state index contributed by atoms with van der Waals surface area (Å²) in [5.74, 6) is 0.997. The molecule has 1 aliphatic heterocycles. The molecule has 2 nitrogen and oxygen atoms in total. The predicted molar refractivity (Wildman–Crippen MR) is 54.7 cm³/mol. The van der Waals surface area contributed by atoms with Gasteiger partial charge in [0.25, 0.3) is 0 Å². The fraction of sp³-hybridized carbons (Fsp3) is 0.909. The van der Waals surface area contributed by atoms with Crippen LogP contribution in [0, 0.1) is 11.3 Å². The Hall–Kier alpha value is -0.370. The molecule has 0 aromatic rings. The lowest BCUT2D eigenvalue weighted by molar-refractivity contribution is -0.127. The fourth-order valence-corrected chi connectivity index (χ4v) is 1.76. The molecule has 0 saturated carbocycles. The molecule has 1 heterocycles. The maximum Gasteiger partial charge on any atom is 0.140 e. The van der Waals surface area contributed by atoms with E-state index < -0.39 is 0 Å². The summed E-state index contributed by atoms with van der Waals surface area (Å²) in [5, 5.41) is 3.26. The Labute approximate surface area is 81.1 Å². The molecule has 0 bridgehead atoms. The minimum atomic E-state index is -0.0660. The Morgan fingerprint density at radius 3 is 2.77 bits per heavy atom. The molecule has 0 radical (unpaired) electrons. The van der Waals surface area contributed by atoms with Crippen LogP contribution in [-0.4, -0.2) is 18.9 Å². The van der Waals surface area contributed by atoms with Gasteiger partial charge in [-0.05, 0) is 18.9 Å². The minimum absolute atomic E-state index is 0.0660. The highest BCUT2D eigenvalue weighted by Crippen LogP contribution is 2.28.